The van der Waals surface area contributed by atoms with Crippen molar-refractivity contribution in [1.82, 2.24) is 10.2 Å². The molecule has 3 rings (SSSR count). The van der Waals surface area contributed by atoms with Gasteiger partial charge in [-0.05, 0) is 61.7 Å². The number of benzene rings is 3. The van der Waals surface area contributed by atoms with Crippen molar-refractivity contribution < 1.29 is 18.0 Å². The first kappa shape index (κ1) is 29.2. The van der Waals surface area contributed by atoms with E-state index in [-0.39, 0.29) is 23.3 Å². The number of anilines is 1. The molecule has 0 aliphatic heterocycles. The molecule has 3 aromatic carbocycles. The zero-order chi connectivity index (χ0) is 27.9. The lowest BCUT2D eigenvalue weighted by molar-refractivity contribution is -0.139. The van der Waals surface area contributed by atoms with Crippen LogP contribution in [0.15, 0.2) is 83.8 Å². The highest BCUT2D eigenvalue weighted by Crippen LogP contribution is 2.25. The smallest absolute Gasteiger partial charge is 0.264 e. The molecule has 0 spiro atoms. The summed E-state index contributed by atoms with van der Waals surface area (Å²) >= 11 is 6.17. The number of carbonyl (C=O) groups is 2. The number of rotatable bonds is 11. The zero-order valence-electron chi connectivity index (χ0n) is 22.1. The molecule has 0 heterocycles. The maximum absolute atomic E-state index is 13.9. The molecule has 3 aromatic rings. The third-order valence-corrected chi connectivity index (χ3v) is 8.05. The van der Waals surface area contributed by atoms with Crippen molar-refractivity contribution in [3.63, 3.8) is 0 Å². The number of hydrogen-bond donors (Lipinski definition) is 1. The van der Waals surface area contributed by atoms with Crippen LogP contribution < -0.4 is 9.62 Å². The lowest BCUT2D eigenvalue weighted by atomic mass is 10.1. The predicted molar refractivity (Wildman–Crippen MR) is 151 cm³/mol. The first-order chi connectivity index (χ1) is 18.0. The van der Waals surface area contributed by atoms with Crippen LogP contribution in [0.3, 0.4) is 0 Å². The van der Waals surface area contributed by atoms with Gasteiger partial charge in [-0.15, -0.1) is 0 Å². The summed E-state index contributed by atoms with van der Waals surface area (Å²) in [6, 6.07) is 21.1. The molecule has 2 amide bonds. The van der Waals surface area contributed by atoms with Crippen LogP contribution in [-0.2, 0) is 26.2 Å². The summed E-state index contributed by atoms with van der Waals surface area (Å²) in [6.45, 7) is 7.56. The number of amides is 2. The molecule has 7 nitrogen and oxygen atoms in total. The van der Waals surface area contributed by atoms with E-state index in [1.165, 1.54) is 17.0 Å². The summed E-state index contributed by atoms with van der Waals surface area (Å²) in [6.07, 6.45) is 0. The first-order valence-corrected chi connectivity index (χ1v) is 14.3. The van der Waals surface area contributed by atoms with E-state index < -0.39 is 28.5 Å². The van der Waals surface area contributed by atoms with Crippen molar-refractivity contribution in [2.75, 3.05) is 17.4 Å². The number of nitrogens with zero attached hydrogens (tertiary/aromatic N) is 2. The van der Waals surface area contributed by atoms with E-state index in [0.717, 1.165) is 15.4 Å². The second-order valence-electron chi connectivity index (χ2n) is 9.63. The molecule has 0 aliphatic carbocycles. The largest absolute Gasteiger partial charge is 0.354 e. The highest BCUT2D eigenvalue weighted by atomic mass is 35.5. The molecule has 1 atom stereocenters. The van der Waals surface area contributed by atoms with Gasteiger partial charge in [0.05, 0.1) is 10.6 Å². The molecule has 0 radical (unpaired) electrons. The summed E-state index contributed by atoms with van der Waals surface area (Å²) in [5.41, 5.74) is 2.03. The Kier molecular flexibility index (Phi) is 9.94. The van der Waals surface area contributed by atoms with Crippen LogP contribution in [-0.4, -0.2) is 44.3 Å². The molecule has 9 heteroatoms. The Morgan fingerprint density at radius 3 is 2.18 bits per heavy atom. The minimum Gasteiger partial charge on any atom is -0.354 e. The molecule has 0 bridgehead atoms. The second kappa shape index (κ2) is 12.9. The van der Waals surface area contributed by atoms with Crippen LogP contribution in [0.5, 0.6) is 0 Å². The SMILES string of the molecule is Cc1ccc(N(CC(=O)N(Cc2cccc(Cl)c2)[C@@H](C)C(=O)NCC(C)C)S(=O)(=O)c2ccccc2)cc1. The summed E-state index contributed by atoms with van der Waals surface area (Å²) in [7, 11) is -4.08. The normalized spacial score (nSPS) is 12.2. The second-order valence-corrected chi connectivity index (χ2v) is 11.9. The van der Waals surface area contributed by atoms with Crippen LogP contribution in [0.2, 0.25) is 5.02 Å². The molecule has 0 saturated carbocycles. The Balaban J connectivity index is 1.99. The van der Waals surface area contributed by atoms with Gasteiger partial charge in [-0.1, -0.05) is 73.5 Å². The monoisotopic (exact) mass is 555 g/mol. The fourth-order valence-electron chi connectivity index (χ4n) is 3.83. The number of hydrogen-bond acceptors (Lipinski definition) is 4. The van der Waals surface area contributed by atoms with Crippen LogP contribution in [0.1, 0.15) is 31.9 Å². The molecule has 0 aliphatic rings. The van der Waals surface area contributed by atoms with Crippen LogP contribution in [0.25, 0.3) is 0 Å². The van der Waals surface area contributed by atoms with E-state index in [2.05, 4.69) is 5.32 Å². The van der Waals surface area contributed by atoms with Crippen molar-refractivity contribution in [3.8, 4) is 0 Å². The lowest BCUT2D eigenvalue weighted by Gasteiger charge is -2.32. The summed E-state index contributed by atoms with van der Waals surface area (Å²) in [5.74, 6) is -0.601. The van der Waals surface area contributed by atoms with Gasteiger partial charge < -0.3 is 10.2 Å². The Bertz CT molecular complexity index is 1350. The third-order valence-electron chi connectivity index (χ3n) is 6.03. The van der Waals surface area contributed by atoms with E-state index in [4.69, 9.17) is 11.6 Å². The summed E-state index contributed by atoms with van der Waals surface area (Å²) in [4.78, 5) is 28.3. The molecule has 202 valence electrons. The predicted octanol–water partition coefficient (Wildman–Crippen LogP) is 5.03. The van der Waals surface area contributed by atoms with Gasteiger partial charge in [-0.25, -0.2) is 8.42 Å². The van der Waals surface area contributed by atoms with Gasteiger partial charge in [0.1, 0.15) is 12.6 Å². The van der Waals surface area contributed by atoms with Crippen molar-refractivity contribution in [2.24, 2.45) is 5.92 Å². The molecular formula is C29H34ClN3O4S. The molecule has 38 heavy (non-hydrogen) atoms. The van der Waals surface area contributed by atoms with Gasteiger partial charge in [0.25, 0.3) is 10.0 Å². The van der Waals surface area contributed by atoms with Gasteiger partial charge in [0.2, 0.25) is 11.8 Å². The van der Waals surface area contributed by atoms with Crippen molar-refractivity contribution in [2.45, 2.75) is 45.2 Å². The molecule has 0 aromatic heterocycles. The average Bonchev–Trinajstić information content (AvgIpc) is 2.89. The Morgan fingerprint density at radius 1 is 0.921 bits per heavy atom. The van der Waals surface area contributed by atoms with Crippen molar-refractivity contribution in [1.29, 1.82) is 0 Å². The standard InChI is InChI=1S/C29H34ClN3O4S/c1-21(2)18-31-29(35)23(4)32(19-24-9-8-10-25(30)17-24)28(34)20-33(26-15-13-22(3)14-16-26)38(36,37)27-11-6-5-7-12-27/h5-17,21,23H,18-20H2,1-4H3,(H,31,35)/t23-/m0/s1. The Labute approximate surface area is 230 Å². The fourth-order valence-corrected chi connectivity index (χ4v) is 5.47. The minimum atomic E-state index is -4.08. The van der Waals surface area contributed by atoms with Gasteiger partial charge in [0.15, 0.2) is 0 Å². The van der Waals surface area contributed by atoms with E-state index in [0.29, 0.717) is 17.3 Å². The number of halogens is 1. The highest BCUT2D eigenvalue weighted by Gasteiger charge is 2.32. The fraction of sp³-hybridized carbons (Fsp3) is 0.310. The minimum absolute atomic E-state index is 0.0671. The molecular weight excluding hydrogens is 522 g/mol. The topological polar surface area (TPSA) is 86.8 Å². The first-order valence-electron chi connectivity index (χ1n) is 12.4. The number of sulfonamides is 1. The molecule has 0 saturated heterocycles. The lowest BCUT2D eigenvalue weighted by Crippen LogP contribution is -2.51. The number of carbonyl (C=O) groups excluding carboxylic acids is 2. The molecule has 0 fully saturated rings. The van der Waals surface area contributed by atoms with Gasteiger partial charge in [0, 0.05) is 18.1 Å². The Morgan fingerprint density at radius 2 is 1.58 bits per heavy atom. The van der Waals surface area contributed by atoms with Gasteiger partial charge in [-0.3, -0.25) is 13.9 Å². The number of aryl methyl sites for hydroxylation is 1. The van der Waals surface area contributed by atoms with E-state index >= 15 is 0 Å². The van der Waals surface area contributed by atoms with Crippen LogP contribution >= 0.6 is 11.6 Å². The molecule has 1 N–H and O–H groups in total. The molecule has 0 unspecified atom stereocenters. The Hall–Kier alpha value is -3.36. The van der Waals surface area contributed by atoms with Gasteiger partial charge >= 0.3 is 0 Å². The third kappa shape index (κ3) is 7.58. The maximum Gasteiger partial charge on any atom is 0.264 e. The van der Waals surface area contributed by atoms with Crippen molar-refractivity contribution in [3.05, 3.63) is 95.0 Å². The summed E-state index contributed by atoms with van der Waals surface area (Å²) in [5, 5.41) is 3.37. The van der Waals surface area contributed by atoms with Crippen LogP contribution in [0.4, 0.5) is 5.69 Å². The van der Waals surface area contributed by atoms with Crippen LogP contribution in [0, 0.1) is 12.8 Å². The van der Waals surface area contributed by atoms with E-state index in [1.807, 2.05) is 26.8 Å². The quantitative estimate of drug-likeness (QED) is 0.359. The number of nitrogens with one attached hydrogen (secondary N) is 1. The maximum atomic E-state index is 13.9. The van der Waals surface area contributed by atoms with Crippen molar-refractivity contribution >= 4 is 39.1 Å². The van der Waals surface area contributed by atoms with E-state index in [1.54, 1.807) is 67.6 Å². The summed E-state index contributed by atoms with van der Waals surface area (Å²) < 4.78 is 28.5. The zero-order valence-corrected chi connectivity index (χ0v) is 23.7. The highest BCUT2D eigenvalue weighted by molar-refractivity contribution is 7.92. The van der Waals surface area contributed by atoms with E-state index in [9.17, 15) is 18.0 Å². The van der Waals surface area contributed by atoms with Gasteiger partial charge in [-0.2, -0.15) is 0 Å². The average molecular weight is 556 g/mol.